The Bertz CT molecular complexity index is 622. The normalized spacial score (nSPS) is 14.6. The second-order valence-corrected chi connectivity index (χ2v) is 5.90. The highest BCUT2D eigenvalue weighted by Gasteiger charge is 2.32. The van der Waals surface area contributed by atoms with Gasteiger partial charge in [0, 0.05) is 3.57 Å². The maximum atomic E-state index is 12.3. The lowest BCUT2D eigenvalue weighted by Gasteiger charge is -2.25. The summed E-state index contributed by atoms with van der Waals surface area (Å²) in [5.74, 6) is -0.356. The van der Waals surface area contributed by atoms with Crippen molar-refractivity contribution in [2.24, 2.45) is 0 Å². The molecule has 1 N–H and O–H groups in total. The Labute approximate surface area is 133 Å². The van der Waals surface area contributed by atoms with Crippen LogP contribution in [0, 0.1) is 3.57 Å². The maximum absolute atomic E-state index is 12.3. The molecule has 0 aromatic heterocycles. The summed E-state index contributed by atoms with van der Waals surface area (Å²) in [5, 5.41) is 10.6. The molecule has 21 heavy (non-hydrogen) atoms. The fraction of sp³-hybridized carbons (Fsp3) is 0.200. The summed E-state index contributed by atoms with van der Waals surface area (Å²) in [7, 11) is 0. The van der Waals surface area contributed by atoms with Crippen molar-refractivity contribution >= 4 is 22.6 Å². The van der Waals surface area contributed by atoms with Crippen molar-refractivity contribution in [2.45, 2.75) is 18.9 Å². The highest BCUT2D eigenvalue weighted by atomic mass is 127. The molecule has 2 aromatic rings. The molecule has 0 amide bonds. The number of ether oxygens (including phenoxy) is 1. The smallest absolute Gasteiger partial charge is 0.406 e. The lowest BCUT2D eigenvalue weighted by molar-refractivity contribution is -0.274. The molecule has 0 saturated heterocycles. The Morgan fingerprint density at radius 3 is 2.19 bits per heavy atom. The molecule has 1 atom stereocenters. The van der Waals surface area contributed by atoms with Crippen molar-refractivity contribution in [3.8, 4) is 5.75 Å². The number of hydrogen-bond acceptors (Lipinski definition) is 2. The van der Waals surface area contributed by atoms with Gasteiger partial charge in [0.2, 0.25) is 0 Å². The molecule has 0 bridgehead atoms. The first-order valence-electron chi connectivity index (χ1n) is 6.03. The maximum Gasteiger partial charge on any atom is 0.573 e. The van der Waals surface area contributed by atoms with Crippen LogP contribution >= 0.6 is 22.6 Å². The molecule has 0 radical (unpaired) electrons. The van der Waals surface area contributed by atoms with Gasteiger partial charge in [0.1, 0.15) is 11.4 Å². The molecule has 6 heteroatoms. The standard InChI is InChI=1S/C15H12F3IO2/c1-14(20,10-5-7-12(19)8-6-10)11-3-2-4-13(9-11)21-15(16,17)18/h2-9,20H,1H3. The molecule has 2 nitrogen and oxygen atoms in total. The van der Waals surface area contributed by atoms with Gasteiger partial charge in [-0.2, -0.15) is 0 Å². The van der Waals surface area contributed by atoms with Crippen LogP contribution in [0.5, 0.6) is 5.75 Å². The van der Waals surface area contributed by atoms with E-state index in [9.17, 15) is 18.3 Å². The minimum absolute atomic E-state index is 0.324. The van der Waals surface area contributed by atoms with Crippen molar-refractivity contribution in [1.82, 2.24) is 0 Å². The number of aliphatic hydroxyl groups is 1. The van der Waals surface area contributed by atoms with Gasteiger partial charge in [0.05, 0.1) is 0 Å². The van der Waals surface area contributed by atoms with Crippen molar-refractivity contribution in [1.29, 1.82) is 0 Å². The molecule has 1 unspecified atom stereocenters. The zero-order valence-electron chi connectivity index (χ0n) is 11.0. The van der Waals surface area contributed by atoms with Gasteiger partial charge in [0.15, 0.2) is 0 Å². The molecule has 2 rings (SSSR count). The molecule has 0 aliphatic rings. The Morgan fingerprint density at radius 1 is 1.00 bits per heavy atom. The van der Waals surface area contributed by atoms with Gasteiger partial charge in [-0.3, -0.25) is 0 Å². The average molecular weight is 408 g/mol. The van der Waals surface area contributed by atoms with Crippen LogP contribution in [0.3, 0.4) is 0 Å². The van der Waals surface area contributed by atoms with Gasteiger partial charge >= 0.3 is 6.36 Å². The first-order chi connectivity index (χ1) is 9.68. The predicted octanol–water partition coefficient (Wildman–Crippen LogP) is 4.45. The van der Waals surface area contributed by atoms with E-state index >= 15 is 0 Å². The van der Waals surface area contributed by atoms with Crippen LogP contribution in [-0.2, 0) is 5.60 Å². The lowest BCUT2D eigenvalue weighted by Crippen LogP contribution is -2.23. The van der Waals surface area contributed by atoms with Gasteiger partial charge < -0.3 is 9.84 Å². The second kappa shape index (κ2) is 5.84. The van der Waals surface area contributed by atoms with Crippen molar-refractivity contribution in [2.75, 3.05) is 0 Å². The fourth-order valence-corrected chi connectivity index (χ4v) is 2.30. The molecule has 0 aliphatic heterocycles. The van der Waals surface area contributed by atoms with E-state index in [1.165, 1.54) is 25.1 Å². The Kier molecular flexibility index (Phi) is 4.48. The molecular weight excluding hydrogens is 396 g/mol. The van der Waals surface area contributed by atoms with Crippen LogP contribution < -0.4 is 4.74 Å². The van der Waals surface area contributed by atoms with E-state index in [0.29, 0.717) is 11.1 Å². The van der Waals surface area contributed by atoms with E-state index in [2.05, 4.69) is 27.3 Å². The summed E-state index contributed by atoms with van der Waals surface area (Å²) in [5.41, 5.74) is -0.493. The summed E-state index contributed by atoms with van der Waals surface area (Å²) in [6.45, 7) is 1.53. The van der Waals surface area contributed by atoms with E-state index < -0.39 is 12.0 Å². The third-order valence-corrected chi connectivity index (χ3v) is 3.76. The number of alkyl halides is 3. The number of benzene rings is 2. The third kappa shape index (κ3) is 4.10. The van der Waals surface area contributed by atoms with Gasteiger partial charge in [-0.15, -0.1) is 13.2 Å². The van der Waals surface area contributed by atoms with E-state index in [1.807, 2.05) is 12.1 Å². The minimum Gasteiger partial charge on any atom is -0.406 e. The summed E-state index contributed by atoms with van der Waals surface area (Å²) >= 11 is 2.13. The third-order valence-electron chi connectivity index (χ3n) is 3.04. The molecule has 0 aliphatic carbocycles. The molecule has 0 fully saturated rings. The average Bonchev–Trinajstić information content (AvgIpc) is 2.37. The molecule has 0 spiro atoms. The predicted molar refractivity (Wildman–Crippen MR) is 81.0 cm³/mol. The van der Waals surface area contributed by atoms with Crippen molar-refractivity contribution in [3.63, 3.8) is 0 Å². The molecule has 2 aromatic carbocycles. The summed E-state index contributed by atoms with van der Waals surface area (Å²) < 4.78 is 41.6. The van der Waals surface area contributed by atoms with Gasteiger partial charge in [-0.1, -0.05) is 24.3 Å². The van der Waals surface area contributed by atoms with Crippen LogP contribution in [-0.4, -0.2) is 11.5 Å². The molecule has 0 saturated carbocycles. The number of halogens is 4. The number of hydrogen-bond donors (Lipinski definition) is 1. The van der Waals surface area contributed by atoms with Gasteiger partial charge in [-0.05, 0) is 64.9 Å². The van der Waals surface area contributed by atoms with E-state index in [1.54, 1.807) is 18.2 Å². The summed E-state index contributed by atoms with van der Waals surface area (Å²) in [4.78, 5) is 0. The van der Waals surface area contributed by atoms with Crippen LogP contribution in [0.15, 0.2) is 48.5 Å². The monoisotopic (exact) mass is 408 g/mol. The van der Waals surface area contributed by atoms with Gasteiger partial charge in [0.25, 0.3) is 0 Å². The van der Waals surface area contributed by atoms with Crippen LogP contribution in [0.1, 0.15) is 18.1 Å². The van der Waals surface area contributed by atoms with Crippen LogP contribution in [0.4, 0.5) is 13.2 Å². The zero-order chi connectivity index (χ0) is 15.7. The quantitative estimate of drug-likeness (QED) is 0.761. The summed E-state index contributed by atoms with van der Waals surface area (Å²) in [6.07, 6.45) is -4.76. The largest absolute Gasteiger partial charge is 0.573 e. The Morgan fingerprint density at radius 2 is 1.62 bits per heavy atom. The SMILES string of the molecule is CC(O)(c1ccc(I)cc1)c1cccc(OC(F)(F)F)c1. The Balaban J connectivity index is 2.36. The molecule has 0 heterocycles. The topological polar surface area (TPSA) is 29.5 Å². The first-order valence-corrected chi connectivity index (χ1v) is 7.11. The van der Waals surface area contributed by atoms with Crippen molar-refractivity contribution in [3.05, 3.63) is 63.2 Å². The fourth-order valence-electron chi connectivity index (χ4n) is 1.94. The lowest BCUT2D eigenvalue weighted by atomic mass is 9.88. The highest BCUT2D eigenvalue weighted by molar-refractivity contribution is 14.1. The van der Waals surface area contributed by atoms with E-state index in [0.717, 1.165) is 3.57 Å². The second-order valence-electron chi connectivity index (χ2n) is 4.65. The highest BCUT2D eigenvalue weighted by Crippen LogP contribution is 2.32. The van der Waals surface area contributed by atoms with E-state index in [4.69, 9.17) is 0 Å². The van der Waals surface area contributed by atoms with Crippen molar-refractivity contribution < 1.29 is 23.0 Å². The van der Waals surface area contributed by atoms with E-state index in [-0.39, 0.29) is 5.75 Å². The Hall–Kier alpha value is -1.28. The number of rotatable bonds is 3. The zero-order valence-corrected chi connectivity index (χ0v) is 13.1. The molecule has 112 valence electrons. The van der Waals surface area contributed by atoms with Crippen LogP contribution in [0.25, 0.3) is 0 Å². The van der Waals surface area contributed by atoms with Gasteiger partial charge in [-0.25, -0.2) is 0 Å². The first kappa shape index (κ1) is 16.1. The van der Waals surface area contributed by atoms with Crippen LogP contribution in [0.2, 0.25) is 0 Å². The minimum atomic E-state index is -4.76. The molecular formula is C15H12F3IO2. The summed E-state index contributed by atoms with van der Waals surface area (Å²) in [6, 6.07) is 12.5.